The zero-order chi connectivity index (χ0) is 15.6. The molecule has 8 heteroatoms. The maximum absolute atomic E-state index is 12.3. The number of nitrogens with two attached hydrogens (primary N) is 1. The molecule has 0 aliphatic heterocycles. The highest BCUT2D eigenvalue weighted by Crippen LogP contribution is 2.20. The van der Waals surface area contributed by atoms with Crippen LogP contribution in [0.1, 0.15) is 16.8 Å². The molecule has 114 valence electrons. The van der Waals surface area contributed by atoms with Crippen LogP contribution in [0.2, 0.25) is 5.02 Å². The van der Waals surface area contributed by atoms with Crippen LogP contribution in [-0.2, 0) is 30.2 Å². The number of hydrogen-bond donors (Lipinski definition) is 2. The predicted molar refractivity (Wildman–Crippen MR) is 81.3 cm³/mol. The standard InChI is InChI=1S/C13H17ClN4O2S/c1-9-11(8-18(2)17-9)7-16-21(19,20)12-3-4-13(14)10(5-12)6-15/h3-5,8,16H,6-7,15H2,1-2H3. The van der Waals surface area contributed by atoms with Gasteiger partial charge in [-0.3, -0.25) is 4.68 Å². The summed E-state index contributed by atoms with van der Waals surface area (Å²) >= 11 is 5.94. The minimum atomic E-state index is -3.62. The molecule has 0 aliphatic carbocycles. The van der Waals surface area contributed by atoms with E-state index in [1.54, 1.807) is 17.9 Å². The van der Waals surface area contributed by atoms with Gasteiger partial charge in [-0.05, 0) is 30.7 Å². The lowest BCUT2D eigenvalue weighted by Crippen LogP contribution is -2.23. The molecule has 1 aromatic heterocycles. The van der Waals surface area contributed by atoms with Crippen molar-refractivity contribution in [2.45, 2.75) is 24.9 Å². The number of benzene rings is 1. The maximum Gasteiger partial charge on any atom is 0.240 e. The molecule has 0 bridgehead atoms. The van der Waals surface area contributed by atoms with Crippen LogP contribution >= 0.6 is 11.6 Å². The van der Waals surface area contributed by atoms with Gasteiger partial charge in [0, 0.05) is 36.9 Å². The molecule has 0 saturated heterocycles. The summed E-state index contributed by atoms with van der Waals surface area (Å²) in [6.07, 6.45) is 1.78. The zero-order valence-corrected chi connectivity index (χ0v) is 13.4. The second kappa shape index (κ2) is 6.15. The second-order valence-corrected chi connectivity index (χ2v) is 6.87. The molecule has 1 heterocycles. The Bertz CT molecular complexity index is 756. The van der Waals surface area contributed by atoms with E-state index < -0.39 is 10.0 Å². The number of halogens is 1. The minimum absolute atomic E-state index is 0.147. The Hall–Kier alpha value is -1.41. The molecule has 6 nitrogen and oxygen atoms in total. The van der Waals surface area contributed by atoms with Gasteiger partial charge in [0.05, 0.1) is 10.6 Å². The van der Waals surface area contributed by atoms with Crippen molar-refractivity contribution in [3.8, 4) is 0 Å². The summed E-state index contributed by atoms with van der Waals surface area (Å²) in [5.41, 5.74) is 7.75. The molecule has 2 rings (SSSR count). The first kappa shape index (κ1) is 16.0. The molecule has 0 unspecified atom stereocenters. The van der Waals surface area contributed by atoms with Crippen LogP contribution in [0.3, 0.4) is 0 Å². The molecule has 0 spiro atoms. The highest BCUT2D eigenvalue weighted by atomic mass is 35.5. The van der Waals surface area contributed by atoms with Crippen molar-refractivity contribution in [3.05, 3.63) is 46.2 Å². The van der Waals surface area contributed by atoms with Crippen molar-refractivity contribution in [3.63, 3.8) is 0 Å². The maximum atomic E-state index is 12.3. The third kappa shape index (κ3) is 3.62. The highest BCUT2D eigenvalue weighted by Gasteiger charge is 2.16. The Morgan fingerprint density at radius 2 is 2.10 bits per heavy atom. The van der Waals surface area contributed by atoms with Crippen LogP contribution in [0.15, 0.2) is 29.3 Å². The quantitative estimate of drug-likeness (QED) is 0.866. The number of aromatic nitrogens is 2. The Kier molecular flexibility index (Phi) is 4.67. The van der Waals surface area contributed by atoms with E-state index in [4.69, 9.17) is 17.3 Å². The fraction of sp³-hybridized carbons (Fsp3) is 0.308. The van der Waals surface area contributed by atoms with Gasteiger partial charge in [-0.15, -0.1) is 0 Å². The zero-order valence-electron chi connectivity index (χ0n) is 11.8. The van der Waals surface area contributed by atoms with E-state index in [2.05, 4.69) is 9.82 Å². The second-order valence-electron chi connectivity index (χ2n) is 4.70. The van der Waals surface area contributed by atoms with Crippen LogP contribution in [-0.4, -0.2) is 18.2 Å². The smallest absolute Gasteiger partial charge is 0.240 e. The lowest BCUT2D eigenvalue weighted by molar-refractivity contribution is 0.581. The van der Waals surface area contributed by atoms with E-state index in [0.29, 0.717) is 10.6 Å². The molecule has 0 aliphatic rings. The van der Waals surface area contributed by atoms with Gasteiger partial charge in [0.1, 0.15) is 0 Å². The molecular formula is C13H17ClN4O2S. The first-order valence-electron chi connectivity index (χ1n) is 6.31. The van der Waals surface area contributed by atoms with Gasteiger partial charge in [0.2, 0.25) is 10.0 Å². The largest absolute Gasteiger partial charge is 0.326 e. The molecular weight excluding hydrogens is 312 g/mol. The van der Waals surface area contributed by atoms with Crippen molar-refractivity contribution in [1.82, 2.24) is 14.5 Å². The van der Waals surface area contributed by atoms with E-state index >= 15 is 0 Å². The van der Waals surface area contributed by atoms with E-state index in [-0.39, 0.29) is 18.0 Å². The van der Waals surface area contributed by atoms with E-state index in [0.717, 1.165) is 11.3 Å². The van der Waals surface area contributed by atoms with E-state index in [1.165, 1.54) is 18.2 Å². The summed E-state index contributed by atoms with van der Waals surface area (Å²) in [7, 11) is -1.83. The summed E-state index contributed by atoms with van der Waals surface area (Å²) in [4.78, 5) is 0.147. The Morgan fingerprint density at radius 3 is 2.67 bits per heavy atom. The van der Waals surface area contributed by atoms with Crippen molar-refractivity contribution < 1.29 is 8.42 Å². The van der Waals surface area contributed by atoms with Crippen LogP contribution in [0.4, 0.5) is 0 Å². The van der Waals surface area contributed by atoms with Gasteiger partial charge in [0.25, 0.3) is 0 Å². The van der Waals surface area contributed by atoms with E-state index in [9.17, 15) is 8.42 Å². The predicted octanol–water partition coefficient (Wildman–Crippen LogP) is 1.32. The lowest BCUT2D eigenvalue weighted by Gasteiger charge is -2.08. The molecule has 0 amide bonds. The monoisotopic (exact) mass is 328 g/mol. The van der Waals surface area contributed by atoms with Crippen LogP contribution in [0.5, 0.6) is 0 Å². The summed E-state index contributed by atoms with van der Waals surface area (Å²) < 4.78 is 28.8. The minimum Gasteiger partial charge on any atom is -0.326 e. The number of sulfonamides is 1. The number of nitrogens with one attached hydrogen (secondary N) is 1. The van der Waals surface area contributed by atoms with Crippen molar-refractivity contribution >= 4 is 21.6 Å². The van der Waals surface area contributed by atoms with Crippen molar-refractivity contribution in [1.29, 1.82) is 0 Å². The van der Waals surface area contributed by atoms with Gasteiger partial charge >= 0.3 is 0 Å². The average molecular weight is 329 g/mol. The van der Waals surface area contributed by atoms with Gasteiger partial charge < -0.3 is 5.73 Å². The van der Waals surface area contributed by atoms with Gasteiger partial charge in [-0.25, -0.2) is 13.1 Å². The molecule has 3 N–H and O–H groups in total. The fourth-order valence-electron chi connectivity index (χ4n) is 1.95. The number of aryl methyl sites for hydroxylation is 2. The third-order valence-electron chi connectivity index (χ3n) is 3.12. The molecule has 0 fully saturated rings. The molecule has 0 atom stereocenters. The molecule has 2 aromatic rings. The normalized spacial score (nSPS) is 11.8. The summed E-state index contributed by atoms with van der Waals surface area (Å²) in [6, 6.07) is 4.48. The highest BCUT2D eigenvalue weighted by molar-refractivity contribution is 7.89. The number of hydrogen-bond acceptors (Lipinski definition) is 4. The van der Waals surface area contributed by atoms with Crippen LogP contribution in [0.25, 0.3) is 0 Å². The van der Waals surface area contributed by atoms with Crippen molar-refractivity contribution in [2.75, 3.05) is 0 Å². The fourth-order valence-corrected chi connectivity index (χ4v) is 3.20. The van der Waals surface area contributed by atoms with Gasteiger partial charge in [0.15, 0.2) is 0 Å². The number of nitrogens with zero attached hydrogens (tertiary/aromatic N) is 2. The summed E-state index contributed by atoms with van der Waals surface area (Å²) in [6.45, 7) is 2.20. The molecule has 1 aromatic carbocycles. The van der Waals surface area contributed by atoms with Gasteiger partial charge in [-0.2, -0.15) is 5.10 Å². The Morgan fingerprint density at radius 1 is 1.38 bits per heavy atom. The SMILES string of the molecule is Cc1nn(C)cc1CNS(=O)(=O)c1ccc(Cl)c(CN)c1. The van der Waals surface area contributed by atoms with E-state index in [1.807, 2.05) is 6.92 Å². The lowest BCUT2D eigenvalue weighted by atomic mass is 10.2. The first-order chi connectivity index (χ1) is 9.83. The number of rotatable bonds is 5. The van der Waals surface area contributed by atoms with Gasteiger partial charge in [-0.1, -0.05) is 11.6 Å². The Balaban J connectivity index is 2.20. The van der Waals surface area contributed by atoms with Crippen LogP contribution < -0.4 is 10.5 Å². The summed E-state index contributed by atoms with van der Waals surface area (Å²) in [5, 5.41) is 4.63. The van der Waals surface area contributed by atoms with Crippen LogP contribution in [0, 0.1) is 6.92 Å². The molecule has 0 saturated carbocycles. The van der Waals surface area contributed by atoms with Crippen molar-refractivity contribution in [2.24, 2.45) is 12.8 Å². The molecule has 21 heavy (non-hydrogen) atoms. The summed E-state index contributed by atoms with van der Waals surface area (Å²) in [5.74, 6) is 0. The third-order valence-corrected chi connectivity index (χ3v) is 4.88. The topological polar surface area (TPSA) is 90.0 Å². The average Bonchev–Trinajstić information content (AvgIpc) is 2.75. The molecule has 0 radical (unpaired) electrons. The Labute approximate surface area is 129 Å². The first-order valence-corrected chi connectivity index (χ1v) is 8.17.